The molecule has 33 heavy (non-hydrogen) atoms. The average Bonchev–Trinajstić information content (AvgIpc) is 2.71. The van der Waals surface area contributed by atoms with Crippen LogP contribution in [0.4, 0.5) is 9.59 Å². The lowest BCUT2D eigenvalue weighted by Crippen LogP contribution is -2.57. The number of primary amides is 2. The van der Waals surface area contributed by atoms with Gasteiger partial charge in [0.05, 0.1) is 6.04 Å². The summed E-state index contributed by atoms with van der Waals surface area (Å²) in [6, 6.07) is -4.27. The van der Waals surface area contributed by atoms with Gasteiger partial charge in [0.15, 0.2) is 0 Å². The summed E-state index contributed by atoms with van der Waals surface area (Å²) in [4.78, 5) is 71.5. The van der Waals surface area contributed by atoms with E-state index in [-0.39, 0.29) is 31.7 Å². The number of hydrogen-bond acceptors (Lipinski definition) is 6. The van der Waals surface area contributed by atoms with Crippen molar-refractivity contribution in [3.8, 4) is 0 Å². The molecule has 0 rings (SSSR count). The zero-order chi connectivity index (χ0) is 25.7. The maximum Gasteiger partial charge on any atom is 0.405 e. The molecule has 9 N–H and O–H groups in total. The van der Waals surface area contributed by atoms with Crippen molar-refractivity contribution in [2.45, 2.75) is 71.5 Å². The number of amides is 6. The first-order valence-corrected chi connectivity index (χ1v) is 10.8. The van der Waals surface area contributed by atoms with Crippen LogP contribution in [0.2, 0.25) is 0 Å². The molecule has 0 bridgehead atoms. The van der Waals surface area contributed by atoms with Gasteiger partial charge in [0.1, 0.15) is 12.1 Å². The van der Waals surface area contributed by atoms with E-state index >= 15 is 0 Å². The number of carbonyl (C=O) groups is 6. The van der Waals surface area contributed by atoms with Crippen LogP contribution in [0.15, 0.2) is 0 Å². The molecule has 0 aliphatic carbocycles. The number of nitrogens with one attached hydrogen (secondary N) is 4. The third kappa shape index (κ3) is 11.7. The predicted octanol–water partition coefficient (Wildman–Crippen LogP) is -0.813. The summed E-state index contributed by atoms with van der Waals surface area (Å²) in [7, 11) is 0. The van der Waals surface area contributed by atoms with Gasteiger partial charge in [0, 0.05) is 6.54 Å². The van der Waals surface area contributed by atoms with Crippen molar-refractivity contribution in [2.75, 3.05) is 6.54 Å². The Morgan fingerprint density at radius 3 is 1.97 bits per heavy atom. The SMILES string of the molecule is CC[C@H](C)C(NC(=O)[C@H](CC(C)C)NC(=O)O)C(=O)C(=O)N[C@@H](CCCNC(N)=O)C(N)=O. The zero-order valence-corrected chi connectivity index (χ0v) is 19.5. The van der Waals surface area contributed by atoms with E-state index in [1.54, 1.807) is 27.7 Å². The van der Waals surface area contributed by atoms with Gasteiger partial charge in [-0.05, 0) is 31.1 Å². The number of Topliss-reactive ketones (excluding diaryl/α,β-unsaturated/α-hetero) is 1. The summed E-state index contributed by atoms with van der Waals surface area (Å²) in [5.41, 5.74) is 10.2. The van der Waals surface area contributed by atoms with Crippen LogP contribution in [0, 0.1) is 11.8 Å². The topological polar surface area (TPSA) is 223 Å². The van der Waals surface area contributed by atoms with Crippen molar-refractivity contribution >= 4 is 35.6 Å². The molecule has 6 amide bonds. The molecule has 0 aromatic carbocycles. The van der Waals surface area contributed by atoms with E-state index in [1.807, 2.05) is 0 Å². The van der Waals surface area contributed by atoms with Gasteiger partial charge in [-0.15, -0.1) is 0 Å². The molecule has 0 saturated carbocycles. The summed E-state index contributed by atoms with van der Waals surface area (Å²) >= 11 is 0. The fourth-order valence-corrected chi connectivity index (χ4v) is 2.98. The highest BCUT2D eigenvalue weighted by molar-refractivity contribution is 6.38. The monoisotopic (exact) mass is 472 g/mol. The molecule has 0 fully saturated rings. The summed E-state index contributed by atoms with van der Waals surface area (Å²) in [5, 5.41) is 18.2. The van der Waals surface area contributed by atoms with Gasteiger partial charge in [-0.1, -0.05) is 34.1 Å². The van der Waals surface area contributed by atoms with Gasteiger partial charge in [-0.3, -0.25) is 19.2 Å². The van der Waals surface area contributed by atoms with Crippen molar-refractivity contribution < 1.29 is 33.9 Å². The Labute approximate surface area is 192 Å². The lowest BCUT2D eigenvalue weighted by Gasteiger charge is -2.26. The second-order valence-corrected chi connectivity index (χ2v) is 8.23. The number of carbonyl (C=O) groups excluding carboxylic acids is 5. The zero-order valence-electron chi connectivity index (χ0n) is 19.5. The Bertz CT molecular complexity index is 728. The highest BCUT2D eigenvalue weighted by Gasteiger charge is 2.34. The van der Waals surface area contributed by atoms with Gasteiger partial charge in [0.25, 0.3) is 5.91 Å². The second-order valence-electron chi connectivity index (χ2n) is 8.23. The molecule has 4 atom stereocenters. The van der Waals surface area contributed by atoms with Gasteiger partial charge in [0.2, 0.25) is 17.6 Å². The van der Waals surface area contributed by atoms with E-state index in [1.165, 1.54) is 0 Å². The van der Waals surface area contributed by atoms with Crippen LogP contribution < -0.4 is 32.7 Å². The molecule has 1 unspecified atom stereocenters. The molecule has 0 aromatic rings. The van der Waals surface area contributed by atoms with E-state index in [4.69, 9.17) is 16.6 Å². The number of nitrogens with two attached hydrogens (primary N) is 2. The molecule has 0 aliphatic rings. The first-order chi connectivity index (χ1) is 15.3. The van der Waals surface area contributed by atoms with Crippen molar-refractivity contribution in [1.29, 1.82) is 0 Å². The summed E-state index contributed by atoms with van der Waals surface area (Å²) in [5.74, 6) is -4.18. The second kappa shape index (κ2) is 14.6. The smallest absolute Gasteiger partial charge is 0.405 e. The van der Waals surface area contributed by atoms with Crippen LogP contribution in [0.25, 0.3) is 0 Å². The van der Waals surface area contributed by atoms with Gasteiger partial charge >= 0.3 is 12.1 Å². The number of carboxylic acid groups (broad SMARTS) is 1. The van der Waals surface area contributed by atoms with Crippen LogP contribution in [-0.4, -0.2) is 65.4 Å². The molecule has 0 spiro atoms. The van der Waals surface area contributed by atoms with Crippen molar-refractivity contribution in [3.63, 3.8) is 0 Å². The van der Waals surface area contributed by atoms with Gasteiger partial charge < -0.3 is 37.8 Å². The minimum atomic E-state index is -1.39. The molecule has 13 nitrogen and oxygen atoms in total. The number of ketones is 1. The summed E-state index contributed by atoms with van der Waals surface area (Å²) in [6.45, 7) is 7.16. The molecule has 0 saturated heterocycles. The van der Waals surface area contributed by atoms with Crippen LogP contribution in [-0.2, 0) is 19.2 Å². The molecular weight excluding hydrogens is 436 g/mol. The fraction of sp³-hybridized carbons (Fsp3) is 0.700. The Morgan fingerprint density at radius 1 is 0.909 bits per heavy atom. The number of rotatable bonds is 15. The highest BCUT2D eigenvalue weighted by atomic mass is 16.4. The Morgan fingerprint density at radius 2 is 1.52 bits per heavy atom. The summed E-state index contributed by atoms with van der Waals surface area (Å²) < 4.78 is 0. The third-order valence-corrected chi connectivity index (χ3v) is 4.96. The highest BCUT2D eigenvalue weighted by Crippen LogP contribution is 2.12. The van der Waals surface area contributed by atoms with E-state index < -0.39 is 59.7 Å². The maximum atomic E-state index is 12.8. The third-order valence-electron chi connectivity index (χ3n) is 4.96. The van der Waals surface area contributed by atoms with E-state index in [9.17, 15) is 28.8 Å². The van der Waals surface area contributed by atoms with Crippen molar-refractivity contribution in [3.05, 3.63) is 0 Å². The minimum Gasteiger partial charge on any atom is -0.465 e. The quantitative estimate of drug-likeness (QED) is 0.118. The Kier molecular flexibility index (Phi) is 13.1. The van der Waals surface area contributed by atoms with Crippen LogP contribution in [0.1, 0.15) is 53.4 Å². The maximum absolute atomic E-state index is 12.8. The average molecular weight is 473 g/mol. The largest absolute Gasteiger partial charge is 0.465 e. The van der Waals surface area contributed by atoms with Crippen LogP contribution in [0.5, 0.6) is 0 Å². The van der Waals surface area contributed by atoms with Crippen LogP contribution >= 0.6 is 0 Å². The molecule has 0 radical (unpaired) electrons. The van der Waals surface area contributed by atoms with Crippen molar-refractivity contribution in [2.24, 2.45) is 23.3 Å². The molecule has 13 heteroatoms. The van der Waals surface area contributed by atoms with E-state index in [0.29, 0.717) is 6.42 Å². The molecule has 0 aliphatic heterocycles. The predicted molar refractivity (Wildman–Crippen MR) is 119 cm³/mol. The lowest BCUT2D eigenvalue weighted by molar-refractivity contribution is -0.142. The van der Waals surface area contributed by atoms with Gasteiger partial charge in [-0.25, -0.2) is 9.59 Å². The molecule has 0 aromatic heterocycles. The molecule has 188 valence electrons. The fourth-order valence-electron chi connectivity index (χ4n) is 2.98. The van der Waals surface area contributed by atoms with Crippen LogP contribution in [0.3, 0.4) is 0 Å². The summed E-state index contributed by atoms with van der Waals surface area (Å²) in [6.07, 6.45) is -0.463. The van der Waals surface area contributed by atoms with E-state index in [2.05, 4.69) is 21.3 Å². The number of urea groups is 1. The van der Waals surface area contributed by atoms with E-state index in [0.717, 1.165) is 0 Å². The van der Waals surface area contributed by atoms with Crippen molar-refractivity contribution in [1.82, 2.24) is 21.3 Å². The Hall–Kier alpha value is -3.38. The number of hydrogen-bond donors (Lipinski definition) is 7. The Balaban J connectivity index is 5.36. The minimum absolute atomic E-state index is 0.0194. The normalized spacial score (nSPS) is 14.3. The first kappa shape index (κ1) is 29.6. The lowest BCUT2D eigenvalue weighted by atomic mass is 9.93. The molecular formula is C20H36N6O7. The molecule has 0 heterocycles. The first-order valence-electron chi connectivity index (χ1n) is 10.8. The standard InChI is InChI=1S/C20H36N6O7/c1-5-11(4)14(26-17(29)13(9-10(2)3)25-20(32)33)15(27)18(30)24-12(16(21)28)7-6-8-23-19(22)31/h10-14,25H,5-9H2,1-4H3,(H2,21,28)(H,24,30)(H,26,29)(H,32,33)(H3,22,23,31)/t11-,12-,13-,14?/m0/s1. The van der Waals surface area contributed by atoms with Gasteiger partial charge in [-0.2, -0.15) is 0 Å².